The standard InChI is InChI=1S/C16H24N2O2/c1-19-15-8-12-13(9-16(15)20-2)18-14(10-17-12)11-6-4-3-5-7-11/h8-9,11,14,17-18H,3-7,10H2,1-2H3. The summed E-state index contributed by atoms with van der Waals surface area (Å²) in [6.07, 6.45) is 6.85. The van der Waals surface area contributed by atoms with Crippen LogP contribution in [0, 0.1) is 5.92 Å². The van der Waals surface area contributed by atoms with Crippen molar-refractivity contribution < 1.29 is 9.47 Å². The van der Waals surface area contributed by atoms with Gasteiger partial charge in [-0.05, 0) is 18.8 Å². The summed E-state index contributed by atoms with van der Waals surface area (Å²) in [5.74, 6) is 2.35. The van der Waals surface area contributed by atoms with Crippen LogP contribution in [-0.2, 0) is 0 Å². The Bertz CT molecular complexity index is 470. The maximum atomic E-state index is 5.39. The minimum Gasteiger partial charge on any atom is -0.493 e. The smallest absolute Gasteiger partial charge is 0.162 e. The second-order valence-electron chi connectivity index (χ2n) is 5.78. The van der Waals surface area contributed by atoms with E-state index in [9.17, 15) is 0 Å². The molecule has 4 nitrogen and oxygen atoms in total. The Hall–Kier alpha value is -1.58. The number of hydrogen-bond acceptors (Lipinski definition) is 4. The lowest BCUT2D eigenvalue weighted by Gasteiger charge is -2.36. The van der Waals surface area contributed by atoms with E-state index in [0.29, 0.717) is 6.04 Å². The van der Waals surface area contributed by atoms with Gasteiger partial charge in [-0.25, -0.2) is 0 Å². The van der Waals surface area contributed by atoms with Crippen LogP contribution in [0.25, 0.3) is 0 Å². The van der Waals surface area contributed by atoms with Crippen LogP contribution in [0.3, 0.4) is 0 Å². The van der Waals surface area contributed by atoms with E-state index < -0.39 is 0 Å². The van der Waals surface area contributed by atoms with Gasteiger partial charge < -0.3 is 20.1 Å². The van der Waals surface area contributed by atoms with Crippen LogP contribution in [0.2, 0.25) is 0 Å². The van der Waals surface area contributed by atoms with Crippen LogP contribution < -0.4 is 20.1 Å². The molecule has 1 aromatic rings. The SMILES string of the molecule is COc1cc2c(cc1OC)NC(C1CCCCC1)CN2. The van der Waals surface area contributed by atoms with Crippen molar-refractivity contribution in [3.8, 4) is 11.5 Å². The number of ether oxygens (including phenoxy) is 2. The van der Waals surface area contributed by atoms with Gasteiger partial charge in [0.25, 0.3) is 0 Å². The maximum Gasteiger partial charge on any atom is 0.162 e. The number of nitrogens with one attached hydrogen (secondary N) is 2. The lowest BCUT2D eigenvalue weighted by Crippen LogP contribution is -2.40. The van der Waals surface area contributed by atoms with Crippen molar-refractivity contribution in [2.24, 2.45) is 5.92 Å². The number of hydrogen-bond donors (Lipinski definition) is 2. The fourth-order valence-electron chi connectivity index (χ4n) is 3.44. The molecule has 1 saturated carbocycles. The predicted molar refractivity (Wildman–Crippen MR) is 82.0 cm³/mol. The van der Waals surface area contributed by atoms with Crippen molar-refractivity contribution in [3.05, 3.63) is 12.1 Å². The molecule has 20 heavy (non-hydrogen) atoms. The molecule has 1 heterocycles. The molecule has 0 amide bonds. The Kier molecular flexibility index (Phi) is 3.90. The summed E-state index contributed by atoms with van der Waals surface area (Å²) in [5.41, 5.74) is 2.24. The van der Waals surface area contributed by atoms with E-state index in [2.05, 4.69) is 10.6 Å². The predicted octanol–water partition coefficient (Wildman–Crippen LogP) is 3.49. The molecule has 1 fully saturated rings. The van der Waals surface area contributed by atoms with E-state index in [-0.39, 0.29) is 0 Å². The first-order valence-electron chi connectivity index (χ1n) is 7.58. The quantitative estimate of drug-likeness (QED) is 0.887. The molecule has 0 spiro atoms. The normalized spacial score (nSPS) is 22.4. The first-order chi connectivity index (χ1) is 9.81. The summed E-state index contributed by atoms with van der Waals surface area (Å²) in [4.78, 5) is 0. The van der Waals surface area contributed by atoms with Crippen LogP contribution in [0.1, 0.15) is 32.1 Å². The minimum atomic E-state index is 0.529. The third-order valence-electron chi connectivity index (χ3n) is 4.60. The fourth-order valence-corrected chi connectivity index (χ4v) is 3.44. The zero-order valence-electron chi connectivity index (χ0n) is 12.4. The van der Waals surface area contributed by atoms with Gasteiger partial charge in [0.1, 0.15) is 0 Å². The average molecular weight is 276 g/mol. The summed E-state index contributed by atoms with van der Waals surface area (Å²) in [6, 6.07) is 4.58. The lowest BCUT2D eigenvalue weighted by atomic mass is 9.83. The number of methoxy groups -OCH3 is 2. The highest BCUT2D eigenvalue weighted by Crippen LogP contribution is 2.40. The third kappa shape index (κ3) is 2.51. The van der Waals surface area contributed by atoms with Crippen LogP contribution in [0.15, 0.2) is 12.1 Å². The van der Waals surface area contributed by atoms with Gasteiger partial charge in [0, 0.05) is 24.7 Å². The van der Waals surface area contributed by atoms with Crippen molar-refractivity contribution in [2.45, 2.75) is 38.1 Å². The van der Waals surface area contributed by atoms with Crippen LogP contribution >= 0.6 is 0 Å². The highest BCUT2D eigenvalue weighted by atomic mass is 16.5. The van der Waals surface area contributed by atoms with E-state index in [1.54, 1.807) is 14.2 Å². The molecule has 2 aliphatic rings. The van der Waals surface area contributed by atoms with Crippen LogP contribution in [0.4, 0.5) is 11.4 Å². The number of anilines is 2. The molecule has 0 saturated heterocycles. The van der Waals surface area contributed by atoms with Gasteiger partial charge >= 0.3 is 0 Å². The monoisotopic (exact) mass is 276 g/mol. The second-order valence-corrected chi connectivity index (χ2v) is 5.78. The van der Waals surface area contributed by atoms with Gasteiger partial charge in [0.2, 0.25) is 0 Å². The van der Waals surface area contributed by atoms with Crippen molar-refractivity contribution in [2.75, 3.05) is 31.4 Å². The molecule has 1 aliphatic heterocycles. The highest BCUT2D eigenvalue weighted by molar-refractivity contribution is 5.76. The molecule has 1 atom stereocenters. The third-order valence-corrected chi connectivity index (χ3v) is 4.60. The molecule has 3 rings (SSSR count). The summed E-state index contributed by atoms with van der Waals surface area (Å²) in [6.45, 7) is 0.993. The molecule has 0 bridgehead atoms. The van der Waals surface area contributed by atoms with Crippen molar-refractivity contribution in [1.82, 2.24) is 0 Å². The molecular weight excluding hydrogens is 252 g/mol. The topological polar surface area (TPSA) is 42.5 Å². The molecule has 110 valence electrons. The Morgan fingerprint density at radius 1 is 0.950 bits per heavy atom. The molecule has 1 unspecified atom stereocenters. The van der Waals surface area contributed by atoms with Gasteiger partial charge in [0.15, 0.2) is 11.5 Å². The summed E-state index contributed by atoms with van der Waals surface area (Å²) >= 11 is 0. The zero-order valence-corrected chi connectivity index (χ0v) is 12.4. The van der Waals surface area contributed by atoms with Gasteiger partial charge in [0.05, 0.1) is 25.6 Å². The molecule has 1 aromatic carbocycles. The lowest BCUT2D eigenvalue weighted by molar-refractivity contribution is 0.321. The summed E-state index contributed by atoms with van der Waals surface area (Å²) in [7, 11) is 3.35. The molecule has 1 aliphatic carbocycles. The van der Waals surface area contributed by atoms with Gasteiger partial charge in [-0.3, -0.25) is 0 Å². The fraction of sp³-hybridized carbons (Fsp3) is 0.625. The van der Waals surface area contributed by atoms with Crippen LogP contribution in [0.5, 0.6) is 11.5 Å². The van der Waals surface area contributed by atoms with E-state index >= 15 is 0 Å². The average Bonchev–Trinajstić information content (AvgIpc) is 2.53. The first-order valence-corrected chi connectivity index (χ1v) is 7.58. The number of benzene rings is 1. The van der Waals surface area contributed by atoms with Gasteiger partial charge in [-0.1, -0.05) is 19.3 Å². The highest BCUT2D eigenvalue weighted by Gasteiger charge is 2.27. The summed E-state index contributed by atoms with van der Waals surface area (Å²) < 4.78 is 10.7. The maximum absolute atomic E-state index is 5.39. The van der Waals surface area contributed by atoms with Gasteiger partial charge in [-0.15, -0.1) is 0 Å². The number of fused-ring (bicyclic) bond motifs is 1. The van der Waals surface area contributed by atoms with Crippen molar-refractivity contribution >= 4 is 11.4 Å². The van der Waals surface area contributed by atoms with E-state index in [0.717, 1.165) is 35.3 Å². The Morgan fingerprint density at radius 3 is 2.25 bits per heavy atom. The molecular formula is C16H24N2O2. The molecule has 0 radical (unpaired) electrons. The van der Waals surface area contributed by atoms with Gasteiger partial charge in [-0.2, -0.15) is 0 Å². The molecule has 4 heteroatoms. The van der Waals surface area contributed by atoms with Crippen molar-refractivity contribution in [1.29, 1.82) is 0 Å². The van der Waals surface area contributed by atoms with E-state index in [1.807, 2.05) is 12.1 Å². The number of rotatable bonds is 3. The largest absolute Gasteiger partial charge is 0.493 e. The van der Waals surface area contributed by atoms with Crippen LogP contribution in [-0.4, -0.2) is 26.8 Å². The minimum absolute atomic E-state index is 0.529. The van der Waals surface area contributed by atoms with E-state index in [1.165, 1.54) is 32.1 Å². The first kappa shape index (κ1) is 13.4. The Labute approximate surface area is 120 Å². The zero-order chi connectivity index (χ0) is 13.9. The Morgan fingerprint density at radius 2 is 1.60 bits per heavy atom. The molecule has 0 aromatic heterocycles. The molecule has 2 N–H and O–H groups in total. The van der Waals surface area contributed by atoms with E-state index in [4.69, 9.17) is 9.47 Å². The Balaban J connectivity index is 1.79. The second kappa shape index (κ2) is 5.81. The van der Waals surface area contributed by atoms with Crippen molar-refractivity contribution in [3.63, 3.8) is 0 Å². The summed E-state index contributed by atoms with van der Waals surface area (Å²) in [5, 5.41) is 7.23.